The number of esters is 1. The first-order chi connectivity index (χ1) is 14.6. The Bertz CT molecular complexity index is 1250. The molecule has 0 radical (unpaired) electrons. The van der Waals surface area contributed by atoms with Crippen LogP contribution in [0.4, 0.5) is 0 Å². The van der Waals surface area contributed by atoms with Crippen molar-refractivity contribution in [2.24, 2.45) is 0 Å². The molecule has 4 aromatic rings. The molecule has 0 N–H and O–H groups in total. The minimum Gasteiger partial charge on any atom is -0.482 e. The molecule has 1 aromatic heterocycles. The van der Waals surface area contributed by atoms with Crippen molar-refractivity contribution >= 4 is 16.9 Å². The molecule has 0 fully saturated rings. The molecular weight excluding hydrogens is 380 g/mol. The second kappa shape index (κ2) is 8.25. The summed E-state index contributed by atoms with van der Waals surface area (Å²) in [5.41, 5.74) is 3.82. The van der Waals surface area contributed by atoms with Gasteiger partial charge in [-0.25, -0.2) is 4.79 Å². The Hall–Kier alpha value is -3.86. The maximum Gasteiger partial charge on any atom is 0.343 e. The Morgan fingerprint density at radius 2 is 1.57 bits per heavy atom. The number of ether oxygens (including phenoxy) is 2. The van der Waals surface area contributed by atoms with Crippen LogP contribution in [0.25, 0.3) is 33.2 Å². The van der Waals surface area contributed by atoms with Crippen LogP contribution in [0.1, 0.15) is 5.76 Å². The van der Waals surface area contributed by atoms with E-state index in [0.717, 1.165) is 16.7 Å². The van der Waals surface area contributed by atoms with Crippen LogP contribution in [-0.2, 0) is 9.53 Å². The standard InChI is InChI=1S/C25H20O5/c1-16-24(19-10-8-18(9-11-19)17-6-4-3-5-7-17)25(27)21-13-12-20(14-22(21)30-16)29-15-23(26)28-2/h3-14H,15H2,1-2H3. The Morgan fingerprint density at radius 1 is 0.900 bits per heavy atom. The summed E-state index contributed by atoms with van der Waals surface area (Å²) in [4.78, 5) is 24.4. The first-order valence-electron chi connectivity index (χ1n) is 9.50. The quantitative estimate of drug-likeness (QED) is 0.442. The molecule has 0 amide bonds. The van der Waals surface area contributed by atoms with Crippen molar-refractivity contribution in [1.82, 2.24) is 0 Å². The largest absolute Gasteiger partial charge is 0.482 e. The van der Waals surface area contributed by atoms with Crippen LogP contribution >= 0.6 is 0 Å². The summed E-state index contributed by atoms with van der Waals surface area (Å²) < 4.78 is 15.9. The number of fused-ring (bicyclic) bond motifs is 1. The Kier molecular flexibility index (Phi) is 5.35. The smallest absolute Gasteiger partial charge is 0.343 e. The van der Waals surface area contributed by atoms with Gasteiger partial charge in [0.1, 0.15) is 17.1 Å². The van der Waals surface area contributed by atoms with Gasteiger partial charge in [-0.3, -0.25) is 4.79 Å². The summed E-state index contributed by atoms with van der Waals surface area (Å²) >= 11 is 0. The van der Waals surface area contributed by atoms with E-state index < -0.39 is 5.97 Å². The number of methoxy groups -OCH3 is 1. The summed E-state index contributed by atoms with van der Waals surface area (Å²) in [6.45, 7) is 1.56. The van der Waals surface area contributed by atoms with E-state index in [-0.39, 0.29) is 12.0 Å². The van der Waals surface area contributed by atoms with Crippen LogP contribution in [0.2, 0.25) is 0 Å². The molecule has 0 saturated heterocycles. The summed E-state index contributed by atoms with van der Waals surface area (Å²) in [6, 6.07) is 22.8. The number of hydrogen-bond acceptors (Lipinski definition) is 5. The van der Waals surface area contributed by atoms with Crippen LogP contribution in [-0.4, -0.2) is 19.7 Å². The average Bonchev–Trinajstić information content (AvgIpc) is 2.78. The topological polar surface area (TPSA) is 65.7 Å². The molecule has 0 unspecified atom stereocenters. The number of rotatable bonds is 5. The zero-order valence-electron chi connectivity index (χ0n) is 16.7. The maximum absolute atomic E-state index is 13.2. The van der Waals surface area contributed by atoms with Crippen molar-refractivity contribution in [2.45, 2.75) is 6.92 Å². The molecule has 5 nitrogen and oxygen atoms in total. The van der Waals surface area contributed by atoms with E-state index in [1.807, 2.05) is 54.6 Å². The van der Waals surface area contributed by atoms with Gasteiger partial charge in [-0.15, -0.1) is 0 Å². The predicted molar refractivity (Wildman–Crippen MR) is 116 cm³/mol. The third-order valence-corrected chi connectivity index (χ3v) is 4.90. The minimum atomic E-state index is -0.484. The molecule has 0 spiro atoms. The summed E-state index contributed by atoms with van der Waals surface area (Å²) in [6.07, 6.45) is 0. The normalized spacial score (nSPS) is 10.7. The average molecular weight is 400 g/mol. The summed E-state index contributed by atoms with van der Waals surface area (Å²) in [7, 11) is 1.29. The monoisotopic (exact) mass is 400 g/mol. The Morgan fingerprint density at radius 3 is 2.27 bits per heavy atom. The third-order valence-electron chi connectivity index (χ3n) is 4.90. The van der Waals surface area contributed by atoms with Gasteiger partial charge in [0.25, 0.3) is 0 Å². The molecule has 4 rings (SSSR count). The molecule has 0 aliphatic rings. The van der Waals surface area contributed by atoms with Gasteiger partial charge in [0, 0.05) is 6.07 Å². The van der Waals surface area contributed by atoms with Gasteiger partial charge in [-0.1, -0.05) is 54.6 Å². The first-order valence-corrected chi connectivity index (χ1v) is 9.50. The van der Waals surface area contributed by atoms with Gasteiger partial charge in [0.2, 0.25) is 5.43 Å². The Balaban J connectivity index is 1.69. The van der Waals surface area contributed by atoms with Crippen LogP contribution in [0.5, 0.6) is 5.75 Å². The lowest BCUT2D eigenvalue weighted by molar-refractivity contribution is -0.142. The second-order valence-corrected chi connectivity index (χ2v) is 6.83. The van der Waals surface area contributed by atoms with Gasteiger partial charge < -0.3 is 13.9 Å². The molecule has 3 aromatic carbocycles. The number of aryl methyl sites for hydroxylation is 1. The van der Waals surface area contributed by atoms with Crippen molar-refractivity contribution < 1.29 is 18.7 Å². The van der Waals surface area contributed by atoms with Gasteiger partial charge in [0.05, 0.1) is 18.1 Å². The van der Waals surface area contributed by atoms with Crippen LogP contribution in [0, 0.1) is 6.92 Å². The van der Waals surface area contributed by atoms with Crippen LogP contribution < -0.4 is 10.2 Å². The van der Waals surface area contributed by atoms with E-state index in [0.29, 0.717) is 28.0 Å². The SMILES string of the molecule is COC(=O)COc1ccc2c(=O)c(-c3ccc(-c4ccccc4)cc3)c(C)oc2c1. The molecule has 0 aliphatic heterocycles. The van der Waals surface area contributed by atoms with Gasteiger partial charge in [0.15, 0.2) is 6.61 Å². The fourth-order valence-electron chi connectivity index (χ4n) is 3.37. The Labute approximate surface area is 173 Å². The molecule has 0 saturated carbocycles. The molecule has 5 heteroatoms. The zero-order chi connectivity index (χ0) is 21.1. The fourth-order valence-corrected chi connectivity index (χ4v) is 3.37. The summed E-state index contributed by atoms with van der Waals surface area (Å²) in [5.74, 6) is 0.461. The highest BCUT2D eigenvalue weighted by atomic mass is 16.6. The second-order valence-electron chi connectivity index (χ2n) is 6.83. The van der Waals surface area contributed by atoms with E-state index in [2.05, 4.69) is 4.74 Å². The molecule has 0 bridgehead atoms. The third kappa shape index (κ3) is 3.82. The highest BCUT2D eigenvalue weighted by molar-refractivity contribution is 5.84. The van der Waals surface area contributed by atoms with Crippen molar-refractivity contribution in [3.05, 3.63) is 88.8 Å². The van der Waals surface area contributed by atoms with E-state index in [9.17, 15) is 9.59 Å². The van der Waals surface area contributed by atoms with Crippen molar-refractivity contribution in [2.75, 3.05) is 13.7 Å². The highest BCUT2D eigenvalue weighted by Gasteiger charge is 2.15. The summed E-state index contributed by atoms with van der Waals surface area (Å²) in [5, 5.41) is 0.452. The van der Waals surface area contributed by atoms with Gasteiger partial charge >= 0.3 is 5.97 Å². The van der Waals surface area contributed by atoms with Crippen molar-refractivity contribution in [1.29, 1.82) is 0 Å². The van der Waals surface area contributed by atoms with Crippen LogP contribution in [0.3, 0.4) is 0 Å². The van der Waals surface area contributed by atoms with E-state index in [4.69, 9.17) is 9.15 Å². The lowest BCUT2D eigenvalue weighted by Gasteiger charge is -2.10. The van der Waals surface area contributed by atoms with E-state index in [1.54, 1.807) is 25.1 Å². The highest BCUT2D eigenvalue weighted by Crippen LogP contribution is 2.28. The lowest BCUT2D eigenvalue weighted by Crippen LogP contribution is -2.12. The predicted octanol–water partition coefficient (Wildman–Crippen LogP) is 4.99. The van der Waals surface area contributed by atoms with Gasteiger partial charge in [-0.05, 0) is 35.7 Å². The molecule has 150 valence electrons. The number of benzene rings is 3. The molecular formula is C25H20O5. The molecule has 30 heavy (non-hydrogen) atoms. The van der Waals surface area contributed by atoms with E-state index in [1.165, 1.54) is 7.11 Å². The minimum absolute atomic E-state index is 0.110. The van der Waals surface area contributed by atoms with Gasteiger partial charge in [-0.2, -0.15) is 0 Å². The maximum atomic E-state index is 13.2. The van der Waals surface area contributed by atoms with Crippen molar-refractivity contribution in [3.8, 4) is 28.0 Å². The van der Waals surface area contributed by atoms with Crippen LogP contribution in [0.15, 0.2) is 82.0 Å². The number of carbonyl (C=O) groups excluding carboxylic acids is 1. The zero-order valence-corrected chi connectivity index (χ0v) is 16.7. The lowest BCUT2D eigenvalue weighted by atomic mass is 9.99. The van der Waals surface area contributed by atoms with E-state index >= 15 is 0 Å². The fraction of sp³-hybridized carbons (Fsp3) is 0.120. The first kappa shape index (κ1) is 19.5. The number of hydrogen-bond donors (Lipinski definition) is 0. The number of carbonyl (C=O) groups is 1. The molecule has 0 aliphatic carbocycles. The van der Waals surface area contributed by atoms with Crippen molar-refractivity contribution in [3.63, 3.8) is 0 Å². The molecule has 1 heterocycles. The molecule has 0 atom stereocenters.